The summed E-state index contributed by atoms with van der Waals surface area (Å²) >= 11 is 0. The van der Waals surface area contributed by atoms with Gasteiger partial charge in [-0.3, -0.25) is 4.79 Å². The Kier molecular flexibility index (Phi) is 6.05. The normalized spacial score (nSPS) is 11.5. The molecule has 0 aliphatic carbocycles. The number of carbonyl (C=O) groups excluding carboxylic acids is 1. The van der Waals surface area contributed by atoms with Crippen LogP contribution >= 0.6 is 0 Å². The molecule has 0 fully saturated rings. The maximum absolute atomic E-state index is 13.1. The Balaban J connectivity index is 2.32. The number of hydrogen-bond acceptors (Lipinski definition) is 4. The van der Waals surface area contributed by atoms with Gasteiger partial charge in [0.2, 0.25) is 10.0 Å². The van der Waals surface area contributed by atoms with Gasteiger partial charge in [-0.15, -0.1) is 0 Å². The molecule has 0 aliphatic heterocycles. The number of benzene rings is 2. The summed E-state index contributed by atoms with van der Waals surface area (Å²) in [5.41, 5.74) is 0.729. The van der Waals surface area contributed by atoms with Gasteiger partial charge in [0.25, 0.3) is 0 Å². The molecule has 0 atom stereocenters. The average molecular weight is 351 g/mol. The molecule has 128 valence electrons. The highest BCUT2D eigenvalue weighted by molar-refractivity contribution is 7.89. The van der Waals surface area contributed by atoms with E-state index in [1.54, 1.807) is 31.2 Å². The molecule has 0 aliphatic rings. The number of sulfonamides is 1. The highest BCUT2D eigenvalue weighted by Crippen LogP contribution is 2.19. The highest BCUT2D eigenvalue weighted by atomic mass is 32.2. The topological polar surface area (TPSA) is 63.7 Å². The molecule has 7 heteroatoms. The van der Waals surface area contributed by atoms with Crippen LogP contribution < -0.4 is 0 Å². The number of hydrogen-bond donors (Lipinski definition) is 0. The minimum Gasteiger partial charge on any atom is -0.465 e. The zero-order valence-corrected chi connectivity index (χ0v) is 14.0. The second kappa shape index (κ2) is 8.03. The molecule has 0 spiro atoms. The van der Waals surface area contributed by atoms with E-state index in [0.29, 0.717) is 0 Å². The SMILES string of the molecule is CCOC(=O)CN(Cc1ccccc1)S(=O)(=O)c1ccc(F)cc1. The molecule has 0 saturated carbocycles. The van der Waals surface area contributed by atoms with Crippen molar-refractivity contribution in [1.29, 1.82) is 0 Å². The predicted molar refractivity (Wildman–Crippen MR) is 87.1 cm³/mol. The summed E-state index contributed by atoms with van der Waals surface area (Å²) in [5.74, 6) is -1.17. The van der Waals surface area contributed by atoms with Crippen LogP contribution in [0.1, 0.15) is 12.5 Å². The van der Waals surface area contributed by atoms with Crippen molar-refractivity contribution in [2.24, 2.45) is 0 Å². The number of rotatable bonds is 7. The molecule has 0 aromatic heterocycles. The number of ether oxygens (including phenoxy) is 1. The second-order valence-corrected chi connectivity index (χ2v) is 6.96. The van der Waals surface area contributed by atoms with Crippen LogP contribution in [0.2, 0.25) is 0 Å². The van der Waals surface area contributed by atoms with Crippen molar-refractivity contribution in [3.8, 4) is 0 Å². The Hall–Kier alpha value is -2.25. The Morgan fingerprint density at radius 1 is 1.08 bits per heavy atom. The van der Waals surface area contributed by atoms with Gasteiger partial charge in [-0.05, 0) is 36.8 Å². The fourth-order valence-electron chi connectivity index (χ4n) is 2.12. The lowest BCUT2D eigenvalue weighted by Gasteiger charge is -2.21. The lowest BCUT2D eigenvalue weighted by Crippen LogP contribution is -2.36. The summed E-state index contributed by atoms with van der Waals surface area (Å²) in [6.07, 6.45) is 0. The van der Waals surface area contributed by atoms with E-state index in [2.05, 4.69) is 0 Å². The number of halogens is 1. The van der Waals surface area contributed by atoms with Gasteiger partial charge in [-0.1, -0.05) is 30.3 Å². The van der Waals surface area contributed by atoms with Crippen LogP contribution in [-0.4, -0.2) is 31.8 Å². The standard InChI is InChI=1S/C17H18FNO4S/c1-2-23-17(20)13-19(12-14-6-4-3-5-7-14)24(21,22)16-10-8-15(18)9-11-16/h3-11H,2,12-13H2,1H3. The monoisotopic (exact) mass is 351 g/mol. The molecule has 24 heavy (non-hydrogen) atoms. The van der Waals surface area contributed by atoms with Gasteiger partial charge in [-0.2, -0.15) is 4.31 Å². The third-order valence-electron chi connectivity index (χ3n) is 3.26. The van der Waals surface area contributed by atoms with Crippen molar-refractivity contribution in [3.63, 3.8) is 0 Å². The fourth-order valence-corrected chi connectivity index (χ4v) is 3.49. The molecule has 2 aromatic carbocycles. The van der Waals surface area contributed by atoms with Gasteiger partial charge in [0, 0.05) is 6.54 Å². The molecular weight excluding hydrogens is 333 g/mol. The van der Waals surface area contributed by atoms with Gasteiger partial charge in [0.1, 0.15) is 12.4 Å². The second-order valence-electron chi connectivity index (χ2n) is 5.02. The largest absolute Gasteiger partial charge is 0.465 e. The Bertz CT molecular complexity index is 776. The van der Waals surface area contributed by atoms with Gasteiger partial charge < -0.3 is 4.74 Å². The summed E-state index contributed by atoms with van der Waals surface area (Å²) < 4.78 is 44.5. The molecule has 0 saturated heterocycles. The van der Waals surface area contributed by atoms with Crippen molar-refractivity contribution in [3.05, 3.63) is 66.0 Å². The maximum atomic E-state index is 13.1. The number of nitrogens with zero attached hydrogens (tertiary/aromatic N) is 1. The summed E-state index contributed by atoms with van der Waals surface area (Å²) in [4.78, 5) is 11.7. The predicted octanol–water partition coefficient (Wildman–Crippen LogP) is 2.58. The molecule has 0 bridgehead atoms. The molecule has 0 radical (unpaired) electrons. The van der Waals surface area contributed by atoms with E-state index in [4.69, 9.17) is 4.74 Å². The van der Waals surface area contributed by atoms with Crippen LogP contribution in [0.25, 0.3) is 0 Å². The Morgan fingerprint density at radius 3 is 2.29 bits per heavy atom. The number of carbonyl (C=O) groups is 1. The van der Waals surface area contributed by atoms with E-state index in [1.807, 2.05) is 6.07 Å². The Morgan fingerprint density at radius 2 is 1.71 bits per heavy atom. The number of esters is 1. The van der Waals surface area contributed by atoms with Crippen molar-refractivity contribution in [2.45, 2.75) is 18.4 Å². The van der Waals surface area contributed by atoms with Crippen LogP contribution in [0.3, 0.4) is 0 Å². The van der Waals surface area contributed by atoms with Gasteiger partial charge >= 0.3 is 5.97 Å². The quantitative estimate of drug-likeness (QED) is 0.719. The van der Waals surface area contributed by atoms with E-state index < -0.39 is 28.4 Å². The first-order chi connectivity index (χ1) is 11.4. The third kappa shape index (κ3) is 4.62. The van der Waals surface area contributed by atoms with Crippen LogP contribution in [0.5, 0.6) is 0 Å². The lowest BCUT2D eigenvalue weighted by molar-refractivity contribution is -0.143. The van der Waals surface area contributed by atoms with Crippen LogP contribution in [0, 0.1) is 5.82 Å². The van der Waals surface area contributed by atoms with E-state index in [0.717, 1.165) is 22.0 Å². The van der Waals surface area contributed by atoms with Gasteiger partial charge in [0.15, 0.2) is 0 Å². The van der Waals surface area contributed by atoms with Crippen molar-refractivity contribution in [1.82, 2.24) is 4.31 Å². The molecular formula is C17H18FNO4S. The van der Waals surface area contributed by atoms with Crippen LogP contribution in [0.4, 0.5) is 4.39 Å². The van der Waals surface area contributed by atoms with E-state index in [1.165, 1.54) is 12.1 Å². The first kappa shape index (κ1) is 18.1. The van der Waals surface area contributed by atoms with Crippen molar-refractivity contribution in [2.75, 3.05) is 13.2 Å². The molecule has 0 N–H and O–H groups in total. The molecule has 2 aromatic rings. The molecule has 0 heterocycles. The van der Waals surface area contributed by atoms with E-state index in [-0.39, 0.29) is 18.0 Å². The summed E-state index contributed by atoms with van der Waals surface area (Å²) in [6, 6.07) is 13.4. The smallest absolute Gasteiger partial charge is 0.321 e. The molecule has 2 rings (SSSR count). The summed E-state index contributed by atoms with van der Waals surface area (Å²) in [5, 5.41) is 0. The lowest BCUT2D eigenvalue weighted by atomic mass is 10.2. The molecule has 5 nitrogen and oxygen atoms in total. The van der Waals surface area contributed by atoms with E-state index >= 15 is 0 Å². The van der Waals surface area contributed by atoms with Crippen LogP contribution in [-0.2, 0) is 26.1 Å². The zero-order valence-electron chi connectivity index (χ0n) is 13.2. The van der Waals surface area contributed by atoms with Crippen LogP contribution in [0.15, 0.2) is 59.5 Å². The minimum absolute atomic E-state index is 0.0133. The zero-order chi connectivity index (χ0) is 17.6. The Labute approximate surface area is 140 Å². The third-order valence-corrected chi connectivity index (χ3v) is 5.07. The summed E-state index contributed by atoms with van der Waals surface area (Å²) in [6.45, 7) is 1.41. The fraction of sp³-hybridized carbons (Fsp3) is 0.235. The average Bonchev–Trinajstić information content (AvgIpc) is 2.56. The van der Waals surface area contributed by atoms with Gasteiger partial charge in [0.05, 0.1) is 11.5 Å². The van der Waals surface area contributed by atoms with E-state index in [9.17, 15) is 17.6 Å². The van der Waals surface area contributed by atoms with Crippen molar-refractivity contribution >= 4 is 16.0 Å². The van der Waals surface area contributed by atoms with Crippen molar-refractivity contribution < 1.29 is 22.3 Å². The summed E-state index contributed by atoms with van der Waals surface area (Å²) in [7, 11) is -3.96. The highest BCUT2D eigenvalue weighted by Gasteiger charge is 2.27. The minimum atomic E-state index is -3.96. The molecule has 0 unspecified atom stereocenters. The first-order valence-corrected chi connectivity index (χ1v) is 8.82. The maximum Gasteiger partial charge on any atom is 0.321 e. The van der Waals surface area contributed by atoms with Gasteiger partial charge in [-0.25, -0.2) is 12.8 Å². The molecule has 0 amide bonds. The first-order valence-electron chi connectivity index (χ1n) is 7.38.